The van der Waals surface area contributed by atoms with E-state index in [0.29, 0.717) is 12.8 Å². The Morgan fingerprint density at radius 1 is 0.525 bits per heavy atom. The number of carboxylic acid groups (broad SMARTS) is 2. The van der Waals surface area contributed by atoms with Crippen LogP contribution in [0, 0.1) is 0 Å². The van der Waals surface area contributed by atoms with Gasteiger partial charge in [-0.1, -0.05) is 134 Å². The summed E-state index contributed by atoms with van der Waals surface area (Å²) in [5.74, 6) is -7.48. The van der Waals surface area contributed by atoms with Crippen LogP contribution in [0.4, 0.5) is 0 Å². The summed E-state index contributed by atoms with van der Waals surface area (Å²) in [7, 11) is 0. The molecule has 3 N–H and O–H groups in total. The van der Waals surface area contributed by atoms with Crippen LogP contribution in [-0.4, -0.2) is 82.2 Å². The zero-order valence-corrected chi connectivity index (χ0v) is 37.8. The summed E-state index contributed by atoms with van der Waals surface area (Å²) in [6.45, 7) is 4.34. The number of hydrogen-bond donors (Lipinski definition) is 3. The molecule has 0 fully saturated rings. The maximum absolute atomic E-state index is 12.8. The number of unbranched alkanes of at least 4 members (excludes halogenated alkanes) is 19. The summed E-state index contributed by atoms with van der Waals surface area (Å²) < 4.78 is 20.8. The van der Waals surface area contributed by atoms with Gasteiger partial charge in [0.25, 0.3) is 0 Å². The Labute approximate surface area is 366 Å². The van der Waals surface area contributed by atoms with E-state index in [2.05, 4.69) is 50.3 Å². The van der Waals surface area contributed by atoms with Crippen LogP contribution in [0.15, 0.2) is 36.5 Å². The predicted molar refractivity (Wildman–Crippen MR) is 236 cm³/mol. The number of aliphatic hydroxyl groups is 1. The molecule has 0 aliphatic carbocycles. The largest absolute Gasteiger partial charge is 0.481 e. The van der Waals surface area contributed by atoms with Crippen LogP contribution in [0.5, 0.6) is 0 Å². The Balaban J connectivity index is 4.95. The molecule has 0 saturated heterocycles. The van der Waals surface area contributed by atoms with Crippen molar-refractivity contribution in [2.24, 2.45) is 0 Å². The molecule has 13 heteroatoms. The highest BCUT2D eigenvalue weighted by Crippen LogP contribution is 2.24. The molecule has 0 aliphatic rings. The number of esters is 4. The van der Waals surface area contributed by atoms with E-state index < -0.39 is 79.7 Å². The van der Waals surface area contributed by atoms with Gasteiger partial charge in [0, 0.05) is 12.8 Å². The third kappa shape index (κ3) is 34.3. The van der Waals surface area contributed by atoms with Gasteiger partial charge in [-0.15, -0.1) is 0 Å². The lowest BCUT2D eigenvalue weighted by Gasteiger charge is -2.27. The van der Waals surface area contributed by atoms with Gasteiger partial charge < -0.3 is 34.3 Å². The highest BCUT2D eigenvalue weighted by Gasteiger charge is 2.48. The molecule has 3 atom stereocenters. The Hall–Kier alpha value is -4.00. The van der Waals surface area contributed by atoms with E-state index >= 15 is 0 Å². The van der Waals surface area contributed by atoms with Gasteiger partial charge in [0.1, 0.15) is 19.3 Å². The number of carbonyl (C=O) groups excluding carboxylic acids is 4. The van der Waals surface area contributed by atoms with E-state index in [9.17, 15) is 44.1 Å². The zero-order chi connectivity index (χ0) is 45.4. The van der Waals surface area contributed by atoms with Crippen molar-refractivity contribution in [1.82, 2.24) is 0 Å². The summed E-state index contributed by atoms with van der Waals surface area (Å²) in [4.78, 5) is 73.8. The first kappa shape index (κ1) is 57.0. The second kappa shape index (κ2) is 38.9. The van der Waals surface area contributed by atoms with Crippen LogP contribution >= 0.6 is 0 Å². The van der Waals surface area contributed by atoms with Gasteiger partial charge in [-0.2, -0.15) is 0 Å². The van der Waals surface area contributed by atoms with Crippen LogP contribution in [0.2, 0.25) is 0 Å². The molecular formula is C48H80O13. The third-order valence-corrected chi connectivity index (χ3v) is 10.0. The lowest BCUT2D eigenvalue weighted by Crippen LogP contribution is -2.49. The van der Waals surface area contributed by atoms with Crippen LogP contribution in [0.25, 0.3) is 0 Å². The minimum atomic E-state index is -2.87. The van der Waals surface area contributed by atoms with Crippen molar-refractivity contribution < 1.29 is 63.0 Å². The molecule has 0 amide bonds. The molecule has 0 rings (SSSR count). The van der Waals surface area contributed by atoms with Crippen LogP contribution < -0.4 is 0 Å². The van der Waals surface area contributed by atoms with Gasteiger partial charge in [-0.3, -0.25) is 19.2 Å². The van der Waals surface area contributed by atoms with Crippen LogP contribution in [0.3, 0.4) is 0 Å². The van der Waals surface area contributed by atoms with Gasteiger partial charge >= 0.3 is 35.8 Å². The fourth-order valence-corrected chi connectivity index (χ4v) is 6.36. The molecular weight excluding hydrogens is 785 g/mol. The Morgan fingerprint density at radius 3 is 1.41 bits per heavy atom. The number of allylic oxidation sites excluding steroid dienone is 6. The molecule has 0 aromatic heterocycles. The van der Waals surface area contributed by atoms with Gasteiger partial charge in [-0.25, -0.2) is 9.59 Å². The van der Waals surface area contributed by atoms with Gasteiger partial charge in [-0.05, 0) is 77.6 Å². The first-order valence-electron chi connectivity index (χ1n) is 23.2. The molecule has 0 saturated carbocycles. The third-order valence-electron chi connectivity index (χ3n) is 10.0. The average Bonchev–Trinajstić information content (AvgIpc) is 3.21. The molecule has 0 bridgehead atoms. The zero-order valence-electron chi connectivity index (χ0n) is 37.8. The van der Waals surface area contributed by atoms with Crippen molar-refractivity contribution in [2.45, 2.75) is 218 Å². The molecule has 350 valence electrons. The quantitative estimate of drug-likeness (QED) is 0.0227. The molecule has 0 spiro atoms. The highest BCUT2D eigenvalue weighted by atomic mass is 16.6. The monoisotopic (exact) mass is 865 g/mol. The number of ether oxygens (including phenoxy) is 4. The van der Waals surface area contributed by atoms with Crippen molar-refractivity contribution in [3.05, 3.63) is 36.5 Å². The molecule has 3 unspecified atom stereocenters. The SMILES string of the molecule is CCCCC/C=C\C/C=C\CCCCCCCC(=O)OC(COC(=O)CCCCCCC/C=C\CCCCCCCC)COC(=O)CC(CC(=O)O)(OC(=O)C(C)O)C(=O)O. The first-order chi connectivity index (χ1) is 29.4. The molecule has 13 nitrogen and oxygen atoms in total. The first-order valence-corrected chi connectivity index (χ1v) is 23.2. The van der Waals surface area contributed by atoms with Gasteiger partial charge in [0.15, 0.2) is 6.10 Å². The summed E-state index contributed by atoms with van der Waals surface area (Å²) in [5, 5.41) is 28.6. The Kier molecular flexibility index (Phi) is 36.3. The fraction of sp³-hybridized carbons (Fsp3) is 0.750. The second-order valence-corrected chi connectivity index (χ2v) is 15.9. The van der Waals surface area contributed by atoms with E-state index in [-0.39, 0.29) is 12.8 Å². The molecule has 0 radical (unpaired) electrons. The molecule has 61 heavy (non-hydrogen) atoms. The van der Waals surface area contributed by atoms with Crippen molar-refractivity contribution in [2.75, 3.05) is 13.2 Å². The van der Waals surface area contributed by atoms with Crippen LogP contribution in [-0.2, 0) is 47.7 Å². The van der Waals surface area contributed by atoms with Crippen molar-refractivity contribution >= 4 is 35.8 Å². The van der Waals surface area contributed by atoms with E-state index in [4.69, 9.17) is 18.9 Å². The molecule has 0 aromatic rings. The molecule has 0 aliphatic heterocycles. The van der Waals surface area contributed by atoms with Crippen molar-refractivity contribution in [1.29, 1.82) is 0 Å². The molecule has 0 heterocycles. The number of aliphatic hydroxyl groups excluding tert-OH is 1. The maximum atomic E-state index is 12.8. The maximum Gasteiger partial charge on any atom is 0.349 e. The van der Waals surface area contributed by atoms with Gasteiger partial charge in [0.05, 0.1) is 12.8 Å². The normalized spacial score (nSPS) is 13.6. The summed E-state index contributed by atoms with van der Waals surface area (Å²) in [5.41, 5.74) is -2.87. The fourth-order valence-electron chi connectivity index (χ4n) is 6.36. The van der Waals surface area contributed by atoms with Crippen molar-refractivity contribution in [3.63, 3.8) is 0 Å². The number of hydrogen-bond acceptors (Lipinski definition) is 11. The summed E-state index contributed by atoms with van der Waals surface area (Å²) in [6, 6.07) is 0. The molecule has 0 aromatic carbocycles. The minimum absolute atomic E-state index is 0.0772. The predicted octanol–water partition coefficient (Wildman–Crippen LogP) is 10.4. The van der Waals surface area contributed by atoms with E-state index in [1.807, 2.05) is 0 Å². The topological polar surface area (TPSA) is 200 Å². The summed E-state index contributed by atoms with van der Waals surface area (Å²) in [6.07, 6.45) is 33.7. The van der Waals surface area contributed by atoms with Crippen molar-refractivity contribution in [3.8, 4) is 0 Å². The van der Waals surface area contributed by atoms with Gasteiger partial charge in [0.2, 0.25) is 5.60 Å². The summed E-state index contributed by atoms with van der Waals surface area (Å²) >= 11 is 0. The lowest BCUT2D eigenvalue weighted by molar-refractivity contribution is -0.192. The smallest absolute Gasteiger partial charge is 0.349 e. The number of carboxylic acids is 2. The number of rotatable bonds is 41. The second-order valence-electron chi connectivity index (χ2n) is 15.9. The van der Waals surface area contributed by atoms with Crippen LogP contribution in [0.1, 0.15) is 201 Å². The Morgan fingerprint density at radius 2 is 0.934 bits per heavy atom. The van der Waals surface area contributed by atoms with E-state index in [0.717, 1.165) is 90.4 Å². The van der Waals surface area contributed by atoms with E-state index in [1.54, 1.807) is 0 Å². The lowest BCUT2D eigenvalue weighted by atomic mass is 9.95. The average molecular weight is 865 g/mol. The highest BCUT2D eigenvalue weighted by molar-refractivity contribution is 5.91. The number of aliphatic carboxylic acids is 2. The minimum Gasteiger partial charge on any atom is -0.481 e. The van der Waals surface area contributed by atoms with E-state index in [1.165, 1.54) is 57.8 Å². The number of carbonyl (C=O) groups is 6. The standard InChI is InChI=1S/C48H80O13/c1-4-6-8-10-12-14-16-18-20-22-24-26-28-30-32-34-43(52)58-38-41(39-59-45(54)37-48(47(56)57,36-42(50)51)61-46(55)40(3)49)60-44(53)35-33-31-29-27-25-23-21-19-17-15-13-11-9-7-5-2/h13,15,18-21,40-41,49H,4-12,14,16-17,22-39H2,1-3H3,(H,50,51)(H,56,57)/b15-13-,20-18-,21-19-. The Bertz CT molecular complexity index is 1290.